The third-order valence-electron chi connectivity index (χ3n) is 5.40. The molecule has 2 aliphatic rings. The normalized spacial score (nSPS) is 21.3. The zero-order valence-electron chi connectivity index (χ0n) is 13.0. The molecular weight excluding hydrogens is 326 g/mol. The molecule has 2 fully saturated rings. The quantitative estimate of drug-likeness (QED) is 0.833. The van der Waals surface area contributed by atoms with E-state index in [0.717, 1.165) is 29.3 Å². The fraction of sp³-hybridized carbons (Fsp3) is 0.667. The van der Waals surface area contributed by atoms with Gasteiger partial charge in [-0.2, -0.15) is 0 Å². The van der Waals surface area contributed by atoms with Crippen molar-refractivity contribution in [3.05, 3.63) is 27.7 Å². The lowest BCUT2D eigenvalue weighted by atomic mass is 9.78. The number of halogens is 1. The summed E-state index contributed by atoms with van der Waals surface area (Å²) >= 11 is 3.72. The predicted octanol–water partition coefficient (Wildman–Crippen LogP) is 4.71. The van der Waals surface area contributed by atoms with E-state index in [4.69, 9.17) is 10.5 Å². The molecule has 0 aromatic heterocycles. The van der Waals surface area contributed by atoms with Crippen molar-refractivity contribution in [2.75, 3.05) is 13.2 Å². The average molecular weight is 352 g/mol. The Balaban J connectivity index is 1.92. The molecule has 3 heteroatoms. The maximum atomic E-state index is 6.26. The Labute approximate surface area is 136 Å². The van der Waals surface area contributed by atoms with Gasteiger partial charge in [0.2, 0.25) is 0 Å². The van der Waals surface area contributed by atoms with E-state index in [0.29, 0.717) is 0 Å². The monoisotopic (exact) mass is 351 g/mol. The van der Waals surface area contributed by atoms with Crippen molar-refractivity contribution in [1.82, 2.24) is 0 Å². The Morgan fingerprint density at radius 3 is 2.52 bits per heavy atom. The van der Waals surface area contributed by atoms with E-state index >= 15 is 0 Å². The van der Waals surface area contributed by atoms with Gasteiger partial charge >= 0.3 is 0 Å². The first-order valence-corrected chi connectivity index (χ1v) is 9.07. The van der Waals surface area contributed by atoms with E-state index in [1.165, 1.54) is 56.1 Å². The van der Waals surface area contributed by atoms with Gasteiger partial charge in [-0.25, -0.2) is 0 Å². The fourth-order valence-corrected chi connectivity index (χ4v) is 4.45. The largest absolute Gasteiger partial charge is 0.492 e. The number of benzene rings is 1. The van der Waals surface area contributed by atoms with Crippen LogP contribution >= 0.6 is 15.9 Å². The number of hydrogen-bond acceptors (Lipinski definition) is 2. The molecule has 1 aromatic rings. The van der Waals surface area contributed by atoms with Crippen molar-refractivity contribution in [2.24, 2.45) is 11.7 Å². The highest BCUT2D eigenvalue weighted by atomic mass is 79.9. The highest BCUT2D eigenvalue weighted by Gasteiger charge is 2.37. The first-order chi connectivity index (χ1) is 10.1. The van der Waals surface area contributed by atoms with E-state index in [-0.39, 0.29) is 5.41 Å². The van der Waals surface area contributed by atoms with Crippen molar-refractivity contribution >= 4 is 15.9 Å². The van der Waals surface area contributed by atoms with Gasteiger partial charge in [0.1, 0.15) is 5.75 Å². The highest BCUT2D eigenvalue weighted by molar-refractivity contribution is 9.10. The summed E-state index contributed by atoms with van der Waals surface area (Å²) in [5.41, 5.74) is 8.95. The van der Waals surface area contributed by atoms with Crippen molar-refractivity contribution in [2.45, 2.75) is 57.3 Å². The summed E-state index contributed by atoms with van der Waals surface area (Å²) in [7, 11) is 0. The second-order valence-electron chi connectivity index (χ2n) is 6.92. The van der Waals surface area contributed by atoms with Crippen LogP contribution in [0.3, 0.4) is 0 Å². The predicted molar refractivity (Wildman–Crippen MR) is 90.9 cm³/mol. The van der Waals surface area contributed by atoms with Crippen LogP contribution in [0.4, 0.5) is 0 Å². The highest BCUT2D eigenvalue weighted by Crippen LogP contribution is 2.47. The molecule has 2 aliphatic carbocycles. The first kappa shape index (κ1) is 15.4. The zero-order chi connectivity index (χ0) is 14.9. The Bertz CT molecular complexity index is 504. The van der Waals surface area contributed by atoms with Gasteiger partial charge in [0.25, 0.3) is 0 Å². The second kappa shape index (κ2) is 6.29. The minimum Gasteiger partial charge on any atom is -0.492 e. The van der Waals surface area contributed by atoms with E-state index in [1.807, 2.05) is 0 Å². The maximum Gasteiger partial charge on any atom is 0.137 e. The van der Waals surface area contributed by atoms with Crippen LogP contribution in [0.5, 0.6) is 5.75 Å². The van der Waals surface area contributed by atoms with Crippen LogP contribution in [0.1, 0.15) is 56.1 Å². The molecule has 0 amide bonds. The summed E-state index contributed by atoms with van der Waals surface area (Å²) in [6.07, 6.45) is 8.96. The minimum atomic E-state index is 0.128. The van der Waals surface area contributed by atoms with Gasteiger partial charge in [0.05, 0.1) is 11.1 Å². The maximum absolute atomic E-state index is 6.26. The van der Waals surface area contributed by atoms with Gasteiger partial charge < -0.3 is 10.5 Å². The molecule has 0 heterocycles. The second-order valence-corrected chi connectivity index (χ2v) is 7.78. The summed E-state index contributed by atoms with van der Waals surface area (Å²) in [5.74, 6) is 1.81. The summed E-state index contributed by atoms with van der Waals surface area (Å²) in [5, 5.41) is 0. The fourth-order valence-electron chi connectivity index (χ4n) is 3.77. The molecule has 3 rings (SSSR count). The molecule has 0 bridgehead atoms. The number of ether oxygens (including phenoxy) is 1. The summed E-state index contributed by atoms with van der Waals surface area (Å²) in [4.78, 5) is 0. The van der Waals surface area contributed by atoms with Gasteiger partial charge in [0.15, 0.2) is 0 Å². The summed E-state index contributed by atoms with van der Waals surface area (Å²) in [6, 6.07) is 4.47. The first-order valence-electron chi connectivity index (χ1n) is 8.28. The Hall–Kier alpha value is -0.540. The lowest BCUT2D eigenvalue weighted by Gasteiger charge is -2.32. The van der Waals surface area contributed by atoms with Gasteiger partial charge in [-0.3, -0.25) is 0 Å². The molecule has 0 atom stereocenters. The van der Waals surface area contributed by atoms with Crippen molar-refractivity contribution in [1.29, 1.82) is 0 Å². The molecule has 0 saturated heterocycles. The molecule has 1 aromatic carbocycles. The van der Waals surface area contributed by atoms with Crippen molar-refractivity contribution in [3.8, 4) is 5.75 Å². The lowest BCUT2D eigenvalue weighted by molar-refractivity contribution is 0.176. The molecule has 21 heavy (non-hydrogen) atoms. The number of nitrogens with two attached hydrogens (primary N) is 1. The molecule has 2 saturated carbocycles. The zero-order valence-corrected chi connectivity index (χ0v) is 14.5. The molecular formula is C18H26BrNO. The van der Waals surface area contributed by atoms with E-state index < -0.39 is 0 Å². The van der Waals surface area contributed by atoms with Gasteiger partial charge in [0, 0.05) is 17.5 Å². The molecule has 0 spiro atoms. The number of hydrogen-bond donors (Lipinski definition) is 1. The average Bonchev–Trinajstić information content (AvgIpc) is 2.88. The van der Waals surface area contributed by atoms with E-state index in [1.54, 1.807) is 0 Å². The van der Waals surface area contributed by atoms with Crippen molar-refractivity contribution < 1.29 is 4.74 Å². The lowest BCUT2D eigenvalue weighted by Crippen LogP contribution is -2.33. The van der Waals surface area contributed by atoms with Crippen LogP contribution in [0.15, 0.2) is 16.6 Å². The third-order valence-corrected chi connectivity index (χ3v) is 5.99. The Kier molecular flexibility index (Phi) is 4.60. The topological polar surface area (TPSA) is 35.2 Å². The minimum absolute atomic E-state index is 0.128. The Morgan fingerprint density at radius 2 is 1.95 bits per heavy atom. The van der Waals surface area contributed by atoms with Crippen molar-refractivity contribution in [3.63, 3.8) is 0 Å². The molecule has 0 radical (unpaired) electrons. The molecule has 0 unspecified atom stereocenters. The molecule has 2 nitrogen and oxygen atoms in total. The summed E-state index contributed by atoms with van der Waals surface area (Å²) < 4.78 is 7.36. The Morgan fingerprint density at radius 1 is 1.24 bits per heavy atom. The van der Waals surface area contributed by atoms with Gasteiger partial charge in [-0.05, 0) is 66.1 Å². The van der Waals surface area contributed by atoms with Crippen LogP contribution in [0, 0.1) is 12.8 Å². The summed E-state index contributed by atoms with van der Waals surface area (Å²) in [6.45, 7) is 3.74. The van der Waals surface area contributed by atoms with Gasteiger partial charge in [-0.15, -0.1) is 0 Å². The standard InChI is InChI=1S/C18H26BrNO/c1-13-9-15(18(12-20)7-2-3-8-18)17(16(19)10-13)21-11-14-5-4-6-14/h9-10,14H,2-8,11-12,20H2,1H3. The van der Waals surface area contributed by atoms with E-state index in [9.17, 15) is 0 Å². The van der Waals surface area contributed by atoms with Gasteiger partial charge in [-0.1, -0.05) is 25.3 Å². The van der Waals surface area contributed by atoms with Crippen LogP contribution < -0.4 is 10.5 Å². The molecule has 2 N–H and O–H groups in total. The molecule has 0 aliphatic heterocycles. The smallest absolute Gasteiger partial charge is 0.137 e. The van der Waals surface area contributed by atoms with Crippen LogP contribution in [0.2, 0.25) is 0 Å². The van der Waals surface area contributed by atoms with Crippen LogP contribution in [-0.4, -0.2) is 13.2 Å². The van der Waals surface area contributed by atoms with E-state index in [2.05, 4.69) is 35.0 Å². The number of rotatable bonds is 5. The number of aryl methyl sites for hydroxylation is 1. The third kappa shape index (κ3) is 3.00. The molecule has 116 valence electrons. The SMILES string of the molecule is Cc1cc(Br)c(OCC2CCC2)c(C2(CN)CCCC2)c1. The van der Waals surface area contributed by atoms with Crippen LogP contribution in [0.25, 0.3) is 0 Å². The van der Waals surface area contributed by atoms with Crippen LogP contribution in [-0.2, 0) is 5.41 Å².